The van der Waals surface area contributed by atoms with Crippen LogP contribution < -0.4 is 11.1 Å². The summed E-state index contributed by atoms with van der Waals surface area (Å²) < 4.78 is 3.35. The zero-order valence-electron chi connectivity index (χ0n) is 27.4. The molecule has 4 aromatic heterocycles. The molecule has 0 unspecified atom stereocenters. The number of nitrogens with zero attached hydrogens (tertiary/aromatic N) is 4. The van der Waals surface area contributed by atoms with E-state index in [1.807, 2.05) is 84.9 Å². The Bertz CT molecular complexity index is 3780. The second-order valence-corrected chi connectivity index (χ2v) is 15.7. The highest BCUT2D eigenvalue weighted by molar-refractivity contribution is 6.56. The molecule has 13 aromatic rings. The highest BCUT2D eigenvalue weighted by Crippen LogP contribution is 2.53. The van der Waals surface area contributed by atoms with Crippen molar-refractivity contribution in [2.24, 2.45) is 0 Å². The Morgan fingerprint density at radius 3 is 1.17 bits per heavy atom. The number of rotatable bonds is 0. The molecule has 0 atom stereocenters. The van der Waals surface area contributed by atoms with Crippen LogP contribution in [0.15, 0.2) is 107 Å². The van der Waals surface area contributed by atoms with Gasteiger partial charge in [0.05, 0.1) is 32.8 Å². The first-order valence-corrected chi connectivity index (χ1v) is 18.7. The summed E-state index contributed by atoms with van der Waals surface area (Å²) in [5.41, 5.74) is 3.31. The number of hydrogen-bond donors (Lipinski definition) is 0. The Morgan fingerprint density at radius 2 is 0.759 bits per heavy atom. The van der Waals surface area contributed by atoms with Gasteiger partial charge in [-0.05, 0) is 47.2 Å². The molecule has 0 aliphatic carbocycles. The van der Waals surface area contributed by atoms with E-state index in [-0.39, 0.29) is 11.1 Å². The maximum absolute atomic E-state index is 14.7. The average Bonchev–Trinajstić information content (AvgIpc) is 3.78. The Balaban J connectivity index is 1.29. The third-order valence-electron chi connectivity index (χ3n) is 11.5. The maximum Gasteiger partial charge on any atom is 0.264 e. The van der Waals surface area contributed by atoms with E-state index >= 15 is 0 Å². The van der Waals surface area contributed by atoms with Gasteiger partial charge in [0.1, 0.15) is 11.3 Å². The van der Waals surface area contributed by atoms with Gasteiger partial charge in [-0.2, -0.15) is 0 Å². The molecule has 0 fully saturated rings. The number of benzene rings is 9. The van der Waals surface area contributed by atoms with Gasteiger partial charge in [0.15, 0.2) is 0 Å². The first-order valence-electron chi connectivity index (χ1n) is 17.2. The Hall–Kier alpha value is -5.76. The number of halogens is 4. The molecule has 13 rings (SSSR count). The molecule has 0 amide bonds. The summed E-state index contributed by atoms with van der Waals surface area (Å²) >= 11 is 29.4. The van der Waals surface area contributed by atoms with E-state index in [4.69, 9.17) is 56.4 Å². The lowest BCUT2D eigenvalue weighted by atomic mass is 9.86. The lowest BCUT2D eigenvalue weighted by Crippen LogP contribution is -2.14. The summed E-state index contributed by atoms with van der Waals surface area (Å²) in [5.74, 6) is 0. The highest BCUT2D eigenvalue weighted by Gasteiger charge is 2.29. The molecule has 0 N–H and O–H groups in total. The predicted molar refractivity (Wildman–Crippen MR) is 225 cm³/mol. The third-order valence-corrected chi connectivity index (χ3v) is 12.7. The minimum atomic E-state index is -0.247. The smallest absolute Gasteiger partial charge is 0.264 e. The molecule has 0 radical (unpaired) electrons. The fraction of sp³-hybridized carbons (Fsp3) is 0. The molecule has 6 nitrogen and oxygen atoms in total. The zero-order chi connectivity index (χ0) is 36.0. The number of fused-ring (bicyclic) bond motifs is 14. The average molecular weight is 774 g/mol. The molecule has 0 spiro atoms. The van der Waals surface area contributed by atoms with Crippen LogP contribution in [0.2, 0.25) is 20.1 Å². The van der Waals surface area contributed by atoms with Crippen LogP contribution in [0.5, 0.6) is 0 Å². The molecular weight excluding hydrogens is 758 g/mol. The largest absolute Gasteiger partial charge is 0.268 e. The van der Waals surface area contributed by atoms with Crippen molar-refractivity contribution in [3.8, 4) is 0 Å². The second-order valence-electron chi connectivity index (χ2n) is 14.1. The van der Waals surface area contributed by atoms with Gasteiger partial charge in [-0.1, -0.05) is 107 Å². The van der Waals surface area contributed by atoms with Crippen molar-refractivity contribution in [3.63, 3.8) is 0 Å². The maximum atomic E-state index is 14.7. The van der Waals surface area contributed by atoms with Crippen molar-refractivity contribution < 1.29 is 0 Å². The van der Waals surface area contributed by atoms with Crippen molar-refractivity contribution in [2.45, 2.75) is 0 Å². The quantitative estimate of drug-likeness (QED) is 0.114. The molecule has 4 heterocycles. The number of aromatic nitrogens is 4. The summed E-state index contributed by atoms with van der Waals surface area (Å²) in [6.07, 6.45) is 0. The summed E-state index contributed by atoms with van der Waals surface area (Å²) in [4.78, 5) is 39.5. The van der Waals surface area contributed by atoms with E-state index in [1.165, 1.54) is 0 Å². The Kier molecular flexibility index (Phi) is 5.31. The van der Waals surface area contributed by atoms with Crippen molar-refractivity contribution in [1.29, 1.82) is 0 Å². The number of hydrogen-bond acceptors (Lipinski definition) is 4. The Labute approximate surface area is 320 Å². The zero-order valence-corrected chi connectivity index (χ0v) is 30.4. The van der Waals surface area contributed by atoms with Crippen LogP contribution in [-0.4, -0.2) is 18.8 Å². The van der Waals surface area contributed by atoms with Gasteiger partial charge >= 0.3 is 0 Å². The van der Waals surface area contributed by atoms with E-state index in [1.54, 1.807) is 20.9 Å². The van der Waals surface area contributed by atoms with Crippen molar-refractivity contribution in [2.75, 3.05) is 0 Å². The van der Waals surface area contributed by atoms with Gasteiger partial charge in [-0.25, -0.2) is 9.97 Å². The van der Waals surface area contributed by atoms with E-state index in [0.717, 1.165) is 32.6 Å². The van der Waals surface area contributed by atoms with Gasteiger partial charge in [0, 0.05) is 84.7 Å². The summed E-state index contributed by atoms with van der Waals surface area (Å²) in [6.45, 7) is 0. The monoisotopic (exact) mass is 772 g/mol. The SMILES string of the molecule is O=c1c2cc(Cl)c3c4c(Cl)cc5c6c(cc(Cl)c(c7c(Cl)cc(c2c37)c2nc3ccc7ccccc7c3n12)c46)c(=O)n1c5nc2ccc3ccccc3c21. The molecule has 252 valence electrons. The molecule has 9 aromatic carbocycles. The van der Waals surface area contributed by atoms with Crippen LogP contribution in [0.1, 0.15) is 0 Å². The summed E-state index contributed by atoms with van der Waals surface area (Å²) in [6, 6.07) is 30.9. The van der Waals surface area contributed by atoms with E-state index < -0.39 is 0 Å². The van der Waals surface area contributed by atoms with Crippen LogP contribution in [0.25, 0.3) is 120 Å². The highest BCUT2D eigenvalue weighted by atomic mass is 35.5. The first-order chi connectivity index (χ1) is 26.3. The van der Waals surface area contributed by atoms with Crippen molar-refractivity contribution in [3.05, 3.63) is 138 Å². The van der Waals surface area contributed by atoms with Crippen LogP contribution in [-0.2, 0) is 0 Å². The fourth-order valence-corrected chi connectivity index (χ4v) is 10.7. The lowest BCUT2D eigenvalue weighted by Gasteiger charge is -2.21. The normalized spacial score (nSPS) is 13.0. The number of imidazole rings is 2. The van der Waals surface area contributed by atoms with E-state index in [2.05, 4.69) is 0 Å². The second kappa shape index (κ2) is 9.66. The molecule has 0 aliphatic heterocycles. The van der Waals surface area contributed by atoms with Crippen molar-refractivity contribution >= 4 is 166 Å². The van der Waals surface area contributed by atoms with E-state index in [0.29, 0.717) is 107 Å². The molecule has 0 aliphatic rings. The number of pyridine rings is 2. The van der Waals surface area contributed by atoms with Crippen LogP contribution in [0.4, 0.5) is 0 Å². The molecule has 0 bridgehead atoms. The summed E-state index contributed by atoms with van der Waals surface area (Å²) in [7, 11) is 0. The molecule has 10 heteroatoms. The minimum Gasteiger partial charge on any atom is -0.268 e. The van der Waals surface area contributed by atoms with Crippen LogP contribution in [0.3, 0.4) is 0 Å². The predicted octanol–water partition coefficient (Wildman–Crippen LogP) is 12.2. The third kappa shape index (κ3) is 3.27. The molecule has 0 saturated heterocycles. The van der Waals surface area contributed by atoms with Crippen LogP contribution in [0, 0.1) is 0 Å². The van der Waals surface area contributed by atoms with Gasteiger partial charge in [0.25, 0.3) is 11.1 Å². The minimum absolute atomic E-state index is 0.247. The molecule has 0 saturated carbocycles. The van der Waals surface area contributed by atoms with Crippen molar-refractivity contribution in [1.82, 2.24) is 18.8 Å². The van der Waals surface area contributed by atoms with E-state index in [9.17, 15) is 9.59 Å². The Morgan fingerprint density at radius 1 is 0.389 bits per heavy atom. The van der Waals surface area contributed by atoms with Gasteiger partial charge in [0.2, 0.25) is 0 Å². The molecule has 54 heavy (non-hydrogen) atoms. The molecular formula is C44H16Cl4N4O2. The van der Waals surface area contributed by atoms with Gasteiger partial charge in [-0.3, -0.25) is 18.4 Å². The fourth-order valence-electron chi connectivity index (χ4n) is 9.48. The topological polar surface area (TPSA) is 68.7 Å². The van der Waals surface area contributed by atoms with Crippen LogP contribution >= 0.6 is 46.4 Å². The first kappa shape index (κ1) is 29.7. The lowest BCUT2D eigenvalue weighted by molar-refractivity contribution is 1.19. The summed E-state index contributed by atoms with van der Waals surface area (Å²) in [5, 5.41) is 12.6. The standard InChI is InChI=1S/C44H16Cl4N4O2/c45-25-13-21-31-23(43(53)51-39-19-7-3-1-5-17(19)9-11-29(39)49-41(21)51)15-27(47)35-34-26(46)14-22-32-24(16-28(48)36(38(32)34)33(25)37(31)35)44(54)52-40-20-8-4-2-6-18(20)10-12-30(40)50-42(22)52/h1-16H. The van der Waals surface area contributed by atoms with Gasteiger partial charge in [-0.15, -0.1) is 0 Å². The van der Waals surface area contributed by atoms with Gasteiger partial charge < -0.3 is 0 Å².